The van der Waals surface area contributed by atoms with E-state index in [9.17, 15) is 6.21 Å². The van der Waals surface area contributed by atoms with Crippen LogP contribution in [0.5, 0.6) is 0 Å². The quantitative estimate of drug-likeness (QED) is 0.437. The average molecular weight is 258 g/mol. The van der Waals surface area contributed by atoms with Gasteiger partial charge in [0, 0.05) is 0 Å². The largest absolute Gasteiger partial charge is 1.00 e. The fraction of sp³-hybridized carbons (Fsp3) is 1.00. The summed E-state index contributed by atoms with van der Waals surface area (Å²) in [7, 11) is 0. The summed E-state index contributed by atoms with van der Waals surface area (Å²) < 4.78 is 32.1. The molecule has 0 aromatic carbocycles. The Morgan fingerprint density at radius 2 is 2.10 bits per heavy atom. The number of hydrogen-bond donors (Lipinski definition) is 1. The Balaban J connectivity index is -0.000000320. The molecule has 0 aliphatic rings. The summed E-state index contributed by atoms with van der Waals surface area (Å²) in [4.78, 5) is 0. The molecule has 4 nitrogen and oxygen atoms in total. The molecule has 0 rings (SSSR count). The molecule has 0 aromatic rings. The van der Waals surface area contributed by atoms with Crippen molar-refractivity contribution in [2.75, 3.05) is 6.61 Å². The maximum Gasteiger partial charge on any atom is 1.00 e. The molecule has 0 fully saturated rings. The first-order valence-electron chi connectivity index (χ1n) is 2.68. The molecule has 6 heteroatoms. The molecule has 0 saturated carbocycles. The van der Waals surface area contributed by atoms with Gasteiger partial charge in [-0.2, -0.15) is 0 Å². The van der Waals surface area contributed by atoms with Crippen LogP contribution in [0.4, 0.5) is 0 Å². The number of hydrogen-bond acceptors (Lipinski definition) is 3. The second-order valence-electron chi connectivity index (χ2n) is 1.60. The molecule has 1 N–H and O–H groups in total. The normalized spacial score (nSPS) is 10.6. The van der Waals surface area contributed by atoms with Crippen molar-refractivity contribution in [3.05, 3.63) is 0 Å². The van der Waals surface area contributed by atoms with Gasteiger partial charge in [0.25, 0.3) is 0 Å². The van der Waals surface area contributed by atoms with E-state index in [2.05, 4.69) is 3.10 Å². The fourth-order valence-corrected chi connectivity index (χ4v) is 1.25. The maximum absolute atomic E-state index is 9.95. The molecule has 0 unspecified atom stereocenters. The van der Waals surface area contributed by atoms with Crippen LogP contribution in [0.1, 0.15) is 21.2 Å². The van der Waals surface area contributed by atoms with Crippen molar-refractivity contribution < 1.29 is 33.1 Å². The van der Waals surface area contributed by atoms with Crippen molar-refractivity contribution in [3.63, 3.8) is 0 Å². The van der Waals surface area contributed by atoms with E-state index in [4.69, 9.17) is 3.47 Å². The Labute approximate surface area is 78.3 Å². The third-order valence-electron chi connectivity index (χ3n) is 0.730. The predicted octanol–water partition coefficient (Wildman–Crippen LogP) is -2.79. The van der Waals surface area contributed by atoms with Crippen molar-refractivity contribution in [3.8, 4) is 0 Å². The average Bonchev–Trinajstić information content (AvgIpc) is 1.63. The van der Waals surface area contributed by atoms with Gasteiger partial charge in [0.15, 0.2) is 0 Å². The van der Waals surface area contributed by atoms with Crippen molar-refractivity contribution in [2.24, 2.45) is 0 Å². The maximum atomic E-state index is 9.95. The Morgan fingerprint density at radius 3 is 2.40 bits per heavy atom. The van der Waals surface area contributed by atoms with Crippen LogP contribution in [0.15, 0.2) is 0 Å². The van der Waals surface area contributed by atoms with Crippen LogP contribution in [0, 0.1) is 0 Å². The van der Waals surface area contributed by atoms with Gasteiger partial charge in [-0.1, -0.05) is 0 Å². The fourth-order valence-electron chi connectivity index (χ4n) is 0.309. The molecule has 0 radical (unpaired) electrons. The van der Waals surface area contributed by atoms with E-state index in [0.29, 0.717) is 6.42 Å². The van der Waals surface area contributed by atoms with E-state index in [-0.39, 0.29) is 26.9 Å². The van der Waals surface area contributed by atoms with Crippen molar-refractivity contribution >= 4 is 19.0 Å². The molecule has 0 amide bonds. The standard InChI is InChI=1S/C4H10O4Te.Li.H/c1-2-3-4-8-9(5,6)7;;/h2-4H2,1H3,(H,5,6,7);;/q;+1;-1. The van der Waals surface area contributed by atoms with Gasteiger partial charge in [0.2, 0.25) is 0 Å². The van der Waals surface area contributed by atoms with Crippen LogP contribution >= 0.6 is 0 Å². The molecule has 0 heterocycles. The van der Waals surface area contributed by atoms with Crippen molar-refractivity contribution in [1.82, 2.24) is 0 Å². The van der Waals surface area contributed by atoms with Gasteiger partial charge in [-0.05, 0) is 0 Å². The Bertz CT molecular complexity index is 157. The minimum atomic E-state index is -5.15. The van der Waals surface area contributed by atoms with Gasteiger partial charge in [-0.25, -0.2) is 0 Å². The van der Waals surface area contributed by atoms with Crippen molar-refractivity contribution in [1.29, 1.82) is 0 Å². The first-order chi connectivity index (χ1) is 4.06. The number of rotatable bonds is 4. The van der Waals surface area contributed by atoms with Gasteiger partial charge in [0.05, 0.1) is 0 Å². The number of unbranched alkanes of at least 4 members (excludes halogenated alkanes) is 1. The zero-order valence-electron chi connectivity index (χ0n) is 7.20. The summed E-state index contributed by atoms with van der Waals surface area (Å²) in [5.41, 5.74) is 0. The second-order valence-corrected chi connectivity index (χ2v) is 4.72. The summed E-state index contributed by atoms with van der Waals surface area (Å²) in [6, 6.07) is 0. The van der Waals surface area contributed by atoms with Gasteiger partial charge in [0.1, 0.15) is 0 Å². The molecule has 0 aliphatic carbocycles. The molecule has 0 bridgehead atoms. The zero-order valence-corrected chi connectivity index (χ0v) is 8.53. The molecule has 58 valence electrons. The van der Waals surface area contributed by atoms with Crippen LogP contribution < -0.4 is 18.9 Å². The Morgan fingerprint density at radius 1 is 1.60 bits per heavy atom. The third-order valence-corrected chi connectivity index (χ3v) is 2.06. The predicted molar refractivity (Wildman–Crippen MR) is 31.3 cm³/mol. The topological polar surface area (TPSA) is 63.6 Å². The van der Waals surface area contributed by atoms with E-state index >= 15 is 0 Å². The summed E-state index contributed by atoms with van der Waals surface area (Å²) in [6.45, 7) is 2.02. The van der Waals surface area contributed by atoms with Gasteiger partial charge >= 0.3 is 77.0 Å². The molecule has 0 saturated heterocycles. The second kappa shape index (κ2) is 6.61. The first kappa shape index (κ1) is 13.5. The summed E-state index contributed by atoms with van der Waals surface area (Å²) >= 11 is -5.15. The zero-order chi connectivity index (χ0) is 7.33. The molecule has 0 spiro atoms. The van der Waals surface area contributed by atoms with Crippen LogP contribution in [-0.2, 0) is 9.31 Å². The van der Waals surface area contributed by atoms with Crippen molar-refractivity contribution in [2.45, 2.75) is 19.8 Å². The van der Waals surface area contributed by atoms with E-state index in [1.165, 1.54) is 0 Å². The van der Waals surface area contributed by atoms with E-state index < -0.39 is 19.0 Å². The molecular formula is C4H11LiO4Te. The Hall–Kier alpha value is 0.907. The third kappa shape index (κ3) is 11.7. The molecule has 10 heavy (non-hydrogen) atoms. The van der Waals surface area contributed by atoms with E-state index in [1.54, 1.807) is 0 Å². The molecular weight excluding hydrogens is 247 g/mol. The van der Waals surface area contributed by atoms with Crippen LogP contribution in [0.2, 0.25) is 0 Å². The SMILES string of the molecule is CCCCO[Te](=O)(=O)O.[H-].[Li+]. The Kier molecular flexibility index (Phi) is 8.92. The van der Waals surface area contributed by atoms with Crippen LogP contribution in [0.3, 0.4) is 0 Å². The summed E-state index contributed by atoms with van der Waals surface area (Å²) in [5.74, 6) is 0. The summed E-state index contributed by atoms with van der Waals surface area (Å²) in [5, 5.41) is 0. The minimum Gasteiger partial charge on any atom is -1.00 e. The van der Waals surface area contributed by atoms with Crippen LogP contribution in [0.25, 0.3) is 0 Å². The van der Waals surface area contributed by atoms with Gasteiger partial charge in [-0.3, -0.25) is 0 Å². The van der Waals surface area contributed by atoms with E-state index in [0.717, 1.165) is 6.42 Å². The molecule has 0 atom stereocenters. The first-order valence-corrected chi connectivity index (χ1v) is 6.57. The van der Waals surface area contributed by atoms with E-state index in [1.807, 2.05) is 6.92 Å². The van der Waals surface area contributed by atoms with Gasteiger partial charge in [-0.15, -0.1) is 0 Å². The smallest absolute Gasteiger partial charge is 1.00 e. The van der Waals surface area contributed by atoms with Gasteiger partial charge < -0.3 is 1.43 Å². The monoisotopic (exact) mass is 260 g/mol. The summed E-state index contributed by atoms with van der Waals surface area (Å²) in [6.07, 6.45) is 1.53. The molecule has 0 aromatic heterocycles. The van der Waals surface area contributed by atoms with Crippen LogP contribution in [-0.4, -0.2) is 29.0 Å². The minimum absolute atomic E-state index is 0. The molecule has 0 aliphatic heterocycles.